The van der Waals surface area contributed by atoms with Gasteiger partial charge >= 0.3 is 0 Å². The van der Waals surface area contributed by atoms with Crippen LogP contribution in [0.2, 0.25) is 0 Å². The lowest BCUT2D eigenvalue weighted by Crippen LogP contribution is -2.40. The molecular weight excluding hydrogens is 456 g/mol. The van der Waals surface area contributed by atoms with Crippen LogP contribution in [0.15, 0.2) is 34.2 Å². The smallest absolute Gasteiger partial charge is 0.257 e. The topological polar surface area (TPSA) is 67.2 Å². The van der Waals surface area contributed by atoms with Crippen LogP contribution in [0.3, 0.4) is 0 Å². The van der Waals surface area contributed by atoms with Crippen molar-refractivity contribution in [1.82, 2.24) is 19.8 Å². The fourth-order valence-corrected chi connectivity index (χ4v) is 5.49. The third-order valence-electron chi connectivity index (χ3n) is 6.84. The minimum atomic E-state index is -0.273. The van der Waals surface area contributed by atoms with Gasteiger partial charge < -0.3 is 10.2 Å². The summed E-state index contributed by atoms with van der Waals surface area (Å²) in [6.07, 6.45) is 5.04. The van der Waals surface area contributed by atoms with E-state index in [0.717, 1.165) is 30.9 Å². The molecule has 2 aromatic rings. The molecule has 1 aromatic carbocycles. The molecule has 0 spiro atoms. The quantitative estimate of drug-likeness (QED) is 0.409. The predicted octanol–water partition coefficient (Wildman–Crippen LogP) is 4.45. The molecule has 7 heteroatoms. The van der Waals surface area contributed by atoms with Crippen LogP contribution in [0, 0.1) is 6.92 Å². The van der Waals surface area contributed by atoms with Gasteiger partial charge in [0.1, 0.15) is 0 Å². The summed E-state index contributed by atoms with van der Waals surface area (Å²) in [5.74, 6) is 0.0180. The lowest BCUT2D eigenvalue weighted by molar-refractivity contribution is -0.120. The fraction of sp³-hybridized carbons (Fsp3) is 0.607. The van der Waals surface area contributed by atoms with E-state index in [1.807, 2.05) is 13.8 Å². The van der Waals surface area contributed by atoms with E-state index in [0.29, 0.717) is 30.1 Å². The summed E-state index contributed by atoms with van der Waals surface area (Å²) in [6, 6.07) is 8.48. The third kappa shape index (κ3) is 7.43. The Labute approximate surface area is 214 Å². The van der Waals surface area contributed by atoms with Crippen LogP contribution in [-0.2, 0) is 23.7 Å². The number of carbonyl (C=O) groups is 1. The monoisotopic (exact) mass is 498 g/mol. The van der Waals surface area contributed by atoms with Crippen molar-refractivity contribution in [2.75, 3.05) is 26.2 Å². The second kappa shape index (κ2) is 12.2. The number of aryl methyl sites for hydroxylation is 1. The highest BCUT2D eigenvalue weighted by molar-refractivity contribution is 8.00. The molecule has 2 heterocycles. The normalized spacial score (nSPS) is 15.7. The van der Waals surface area contributed by atoms with Crippen LogP contribution in [0.25, 0.3) is 0 Å². The van der Waals surface area contributed by atoms with Gasteiger partial charge in [-0.05, 0) is 55.8 Å². The Kier molecular flexibility index (Phi) is 9.59. The molecule has 6 nitrogen and oxygen atoms in total. The number of piperidine rings is 1. The molecule has 3 rings (SSSR count). The minimum absolute atomic E-state index is 0.0180. The van der Waals surface area contributed by atoms with Crippen LogP contribution in [0.4, 0.5) is 0 Å². The molecule has 1 aromatic heterocycles. The van der Waals surface area contributed by atoms with Crippen LogP contribution in [0.5, 0.6) is 0 Å². The number of likely N-dealkylation sites (tertiary alicyclic amines) is 1. The fourth-order valence-electron chi connectivity index (χ4n) is 4.45. The number of amides is 1. The largest absolute Gasteiger partial charge is 0.354 e. The Balaban J connectivity index is 1.66. The molecule has 192 valence electrons. The summed E-state index contributed by atoms with van der Waals surface area (Å²) < 4.78 is 1.60. The van der Waals surface area contributed by atoms with Gasteiger partial charge in [0.2, 0.25) is 5.91 Å². The van der Waals surface area contributed by atoms with Gasteiger partial charge in [0.25, 0.3) is 5.56 Å². The zero-order chi connectivity index (χ0) is 25.6. The zero-order valence-corrected chi connectivity index (χ0v) is 23.1. The molecule has 0 saturated carbocycles. The molecular formula is C28H42N4O2S. The standard InChI is InChI=1S/C28H42N4O2S/c1-7-24(25(33)29-15-18-32-16-9-8-10-17-32)35-27-30-20(2)23(26(34)31(27)6)19-21-11-13-22(14-12-21)28(3,4)5/h11-14,24H,7-10,15-19H2,1-6H3,(H,29,33). The second-order valence-corrected chi connectivity index (χ2v) is 11.8. The van der Waals surface area contributed by atoms with Crippen molar-refractivity contribution in [3.05, 3.63) is 57.0 Å². The predicted molar refractivity (Wildman–Crippen MR) is 145 cm³/mol. The second-order valence-electron chi connectivity index (χ2n) is 10.7. The van der Waals surface area contributed by atoms with Crippen LogP contribution in [0.1, 0.15) is 75.8 Å². The molecule has 1 aliphatic heterocycles. The van der Waals surface area contributed by atoms with Gasteiger partial charge in [0, 0.05) is 37.8 Å². The number of hydrogen-bond donors (Lipinski definition) is 1. The number of thioether (sulfide) groups is 1. The molecule has 0 aliphatic carbocycles. The first-order chi connectivity index (χ1) is 16.6. The maximum atomic E-state index is 13.2. The number of rotatable bonds is 9. The van der Waals surface area contributed by atoms with Crippen molar-refractivity contribution >= 4 is 17.7 Å². The molecule has 1 atom stereocenters. The molecule has 1 fully saturated rings. The molecule has 1 unspecified atom stereocenters. The van der Waals surface area contributed by atoms with Crippen LogP contribution < -0.4 is 10.9 Å². The maximum Gasteiger partial charge on any atom is 0.257 e. The highest BCUT2D eigenvalue weighted by Gasteiger charge is 2.22. The summed E-state index contributed by atoms with van der Waals surface area (Å²) in [5.41, 5.74) is 3.87. The van der Waals surface area contributed by atoms with Gasteiger partial charge in [-0.2, -0.15) is 0 Å². The highest BCUT2D eigenvalue weighted by Crippen LogP contribution is 2.25. The molecule has 35 heavy (non-hydrogen) atoms. The van der Waals surface area contributed by atoms with Gasteiger partial charge in [-0.3, -0.25) is 14.2 Å². The van der Waals surface area contributed by atoms with E-state index >= 15 is 0 Å². The Morgan fingerprint density at radius 3 is 2.40 bits per heavy atom. The molecule has 1 aliphatic rings. The van der Waals surface area contributed by atoms with E-state index < -0.39 is 0 Å². The average molecular weight is 499 g/mol. The van der Waals surface area contributed by atoms with Gasteiger partial charge in [-0.25, -0.2) is 4.98 Å². The Morgan fingerprint density at radius 2 is 1.80 bits per heavy atom. The van der Waals surface area contributed by atoms with E-state index in [1.54, 1.807) is 11.6 Å². The number of hydrogen-bond acceptors (Lipinski definition) is 5. The average Bonchev–Trinajstić information content (AvgIpc) is 2.83. The summed E-state index contributed by atoms with van der Waals surface area (Å²) in [7, 11) is 1.75. The maximum absolute atomic E-state index is 13.2. The van der Waals surface area contributed by atoms with Crippen molar-refractivity contribution in [2.24, 2.45) is 7.05 Å². The minimum Gasteiger partial charge on any atom is -0.354 e. The van der Waals surface area contributed by atoms with Crippen molar-refractivity contribution < 1.29 is 4.79 Å². The SMILES string of the molecule is CCC(Sc1nc(C)c(Cc2ccc(C(C)(C)C)cc2)c(=O)n1C)C(=O)NCCN1CCCCC1. The van der Waals surface area contributed by atoms with Crippen molar-refractivity contribution in [3.8, 4) is 0 Å². The van der Waals surface area contributed by atoms with Crippen molar-refractivity contribution in [3.63, 3.8) is 0 Å². The van der Waals surface area contributed by atoms with E-state index in [-0.39, 0.29) is 22.1 Å². The number of carbonyl (C=O) groups excluding carboxylic acids is 1. The van der Waals surface area contributed by atoms with Gasteiger partial charge in [0.15, 0.2) is 5.16 Å². The molecule has 0 radical (unpaired) electrons. The Bertz CT molecular complexity index is 1050. The van der Waals surface area contributed by atoms with Crippen molar-refractivity contribution in [1.29, 1.82) is 0 Å². The van der Waals surface area contributed by atoms with Gasteiger partial charge in [-0.1, -0.05) is 70.1 Å². The molecule has 1 saturated heterocycles. The van der Waals surface area contributed by atoms with Gasteiger partial charge in [0.05, 0.1) is 5.25 Å². The Hall–Kier alpha value is -2.12. The first kappa shape index (κ1) is 27.5. The van der Waals surface area contributed by atoms with E-state index in [1.165, 1.54) is 36.6 Å². The first-order valence-electron chi connectivity index (χ1n) is 12.9. The van der Waals surface area contributed by atoms with Crippen molar-refractivity contribution in [2.45, 2.75) is 82.5 Å². The Morgan fingerprint density at radius 1 is 1.14 bits per heavy atom. The lowest BCUT2D eigenvalue weighted by Gasteiger charge is -2.26. The van der Waals surface area contributed by atoms with Crippen LogP contribution >= 0.6 is 11.8 Å². The number of benzene rings is 1. The number of aromatic nitrogens is 2. The van der Waals surface area contributed by atoms with E-state index in [9.17, 15) is 9.59 Å². The number of nitrogens with one attached hydrogen (secondary N) is 1. The summed E-state index contributed by atoms with van der Waals surface area (Å²) in [4.78, 5) is 33.2. The summed E-state index contributed by atoms with van der Waals surface area (Å²) >= 11 is 1.38. The summed E-state index contributed by atoms with van der Waals surface area (Å²) in [5, 5.41) is 3.41. The van der Waals surface area contributed by atoms with Gasteiger partial charge in [-0.15, -0.1) is 0 Å². The molecule has 1 amide bonds. The van der Waals surface area contributed by atoms with E-state index in [2.05, 4.69) is 55.3 Å². The van der Waals surface area contributed by atoms with Crippen LogP contribution in [-0.4, -0.2) is 51.8 Å². The number of nitrogens with zero attached hydrogens (tertiary/aromatic N) is 3. The first-order valence-corrected chi connectivity index (χ1v) is 13.8. The lowest BCUT2D eigenvalue weighted by atomic mass is 9.86. The summed E-state index contributed by atoms with van der Waals surface area (Å²) in [6.45, 7) is 14.3. The molecule has 1 N–H and O–H groups in total. The van der Waals surface area contributed by atoms with E-state index in [4.69, 9.17) is 4.98 Å². The molecule has 0 bridgehead atoms. The highest BCUT2D eigenvalue weighted by atomic mass is 32.2. The zero-order valence-electron chi connectivity index (χ0n) is 22.3. The third-order valence-corrected chi connectivity index (χ3v) is 8.25.